The summed E-state index contributed by atoms with van der Waals surface area (Å²) < 4.78 is 4.08. The van der Waals surface area contributed by atoms with E-state index in [0.29, 0.717) is 6.54 Å². The summed E-state index contributed by atoms with van der Waals surface area (Å²) in [6.07, 6.45) is 3.51. The van der Waals surface area contributed by atoms with E-state index in [9.17, 15) is 0 Å². The number of aromatic nitrogens is 4. The summed E-state index contributed by atoms with van der Waals surface area (Å²) in [5, 5.41) is 3.96. The fraction of sp³-hybridized carbons (Fsp3) is 0.333. The molecule has 5 nitrogen and oxygen atoms in total. The molecule has 0 saturated carbocycles. The van der Waals surface area contributed by atoms with Crippen molar-refractivity contribution < 1.29 is 0 Å². The number of rotatable bonds is 3. The monoisotopic (exact) mass is 221 g/mol. The zero-order valence-corrected chi connectivity index (χ0v) is 9.38. The number of nitrogens with zero attached hydrogens (tertiary/aromatic N) is 4. The van der Waals surface area contributed by atoms with Gasteiger partial charge < -0.3 is 5.32 Å². The van der Waals surface area contributed by atoms with E-state index >= 15 is 0 Å². The molecule has 15 heavy (non-hydrogen) atoms. The van der Waals surface area contributed by atoms with Gasteiger partial charge in [-0.1, -0.05) is 0 Å². The highest BCUT2D eigenvalue weighted by molar-refractivity contribution is 7.09. The molecular weight excluding hydrogens is 210 g/mol. The minimum atomic E-state index is 0.627. The highest BCUT2D eigenvalue weighted by Crippen LogP contribution is 2.10. The second-order valence-corrected chi connectivity index (χ2v) is 3.90. The average molecular weight is 221 g/mol. The van der Waals surface area contributed by atoms with Crippen LogP contribution in [0.4, 0.5) is 5.13 Å². The third kappa shape index (κ3) is 2.69. The first-order valence-corrected chi connectivity index (χ1v) is 5.33. The number of nitrogens with one attached hydrogen (secondary N) is 1. The Morgan fingerprint density at radius 2 is 2.13 bits per heavy atom. The van der Waals surface area contributed by atoms with E-state index in [-0.39, 0.29) is 0 Å². The first-order chi connectivity index (χ1) is 7.24. The Kier molecular flexibility index (Phi) is 2.86. The lowest BCUT2D eigenvalue weighted by Gasteiger charge is -2.00. The molecular formula is C9H11N5S. The fourth-order valence-electron chi connectivity index (χ4n) is 1.05. The van der Waals surface area contributed by atoms with Gasteiger partial charge in [0.05, 0.1) is 24.1 Å². The molecule has 2 aromatic heterocycles. The minimum absolute atomic E-state index is 0.627. The van der Waals surface area contributed by atoms with E-state index < -0.39 is 0 Å². The van der Waals surface area contributed by atoms with Crippen molar-refractivity contribution in [1.82, 2.24) is 19.3 Å². The van der Waals surface area contributed by atoms with Crippen LogP contribution in [-0.2, 0) is 6.54 Å². The van der Waals surface area contributed by atoms with Gasteiger partial charge in [-0.3, -0.25) is 9.97 Å². The summed E-state index contributed by atoms with van der Waals surface area (Å²) in [5.74, 6) is 0.789. The van der Waals surface area contributed by atoms with E-state index in [2.05, 4.69) is 24.6 Å². The fourth-order valence-corrected chi connectivity index (χ4v) is 1.61. The number of aryl methyl sites for hydroxylation is 2. The van der Waals surface area contributed by atoms with Crippen LogP contribution >= 0.6 is 11.5 Å². The van der Waals surface area contributed by atoms with Gasteiger partial charge in [0.25, 0.3) is 0 Å². The van der Waals surface area contributed by atoms with Crippen LogP contribution in [0.5, 0.6) is 0 Å². The van der Waals surface area contributed by atoms with E-state index in [1.165, 1.54) is 11.5 Å². The molecule has 0 atom stereocenters. The van der Waals surface area contributed by atoms with Gasteiger partial charge in [0.1, 0.15) is 5.82 Å². The first kappa shape index (κ1) is 9.97. The highest BCUT2D eigenvalue weighted by atomic mass is 32.1. The molecule has 2 rings (SSSR count). The van der Waals surface area contributed by atoms with Crippen molar-refractivity contribution in [3.63, 3.8) is 0 Å². The second-order valence-electron chi connectivity index (χ2n) is 3.15. The average Bonchev–Trinajstić information content (AvgIpc) is 2.64. The lowest BCUT2D eigenvalue weighted by molar-refractivity contribution is 0.979. The molecule has 0 unspecified atom stereocenters. The molecule has 2 aromatic rings. The van der Waals surface area contributed by atoms with E-state index in [0.717, 1.165) is 22.3 Å². The molecule has 1 N–H and O–H groups in total. The summed E-state index contributed by atoms with van der Waals surface area (Å²) in [6, 6.07) is 0. The predicted octanol–water partition coefficient (Wildman–Crippen LogP) is 1.56. The molecule has 0 aliphatic heterocycles. The van der Waals surface area contributed by atoms with Crippen LogP contribution in [0.25, 0.3) is 0 Å². The quantitative estimate of drug-likeness (QED) is 0.852. The van der Waals surface area contributed by atoms with Crippen LogP contribution in [-0.4, -0.2) is 19.3 Å². The van der Waals surface area contributed by atoms with Gasteiger partial charge in [0, 0.05) is 17.7 Å². The van der Waals surface area contributed by atoms with Gasteiger partial charge in [-0.25, -0.2) is 4.98 Å². The van der Waals surface area contributed by atoms with Crippen LogP contribution < -0.4 is 5.32 Å². The Balaban J connectivity index is 1.96. The van der Waals surface area contributed by atoms with Crippen molar-refractivity contribution >= 4 is 16.7 Å². The first-order valence-electron chi connectivity index (χ1n) is 4.56. The van der Waals surface area contributed by atoms with Gasteiger partial charge in [0.15, 0.2) is 0 Å². The predicted molar refractivity (Wildman–Crippen MR) is 58.7 cm³/mol. The SMILES string of the molecule is Cc1cnc(CNc2nc(C)ns2)cn1. The standard InChI is InChI=1S/C9H11N5S/c1-6-3-11-8(4-10-6)5-12-9-13-7(2)14-15-9/h3-4H,5H2,1-2H3,(H,12,13,14). The van der Waals surface area contributed by atoms with E-state index in [4.69, 9.17) is 0 Å². The summed E-state index contributed by atoms with van der Waals surface area (Å²) in [4.78, 5) is 12.6. The maximum absolute atomic E-state index is 4.23. The molecule has 0 aliphatic rings. The summed E-state index contributed by atoms with van der Waals surface area (Å²) in [7, 11) is 0. The van der Waals surface area contributed by atoms with E-state index in [1.807, 2.05) is 13.8 Å². The van der Waals surface area contributed by atoms with Crippen molar-refractivity contribution in [2.45, 2.75) is 20.4 Å². The van der Waals surface area contributed by atoms with Gasteiger partial charge in [-0.15, -0.1) is 0 Å². The van der Waals surface area contributed by atoms with Crippen molar-refractivity contribution in [1.29, 1.82) is 0 Å². The van der Waals surface area contributed by atoms with Crippen molar-refractivity contribution in [3.05, 3.63) is 29.6 Å². The lowest BCUT2D eigenvalue weighted by atomic mass is 10.4. The molecule has 0 spiro atoms. The van der Waals surface area contributed by atoms with Gasteiger partial charge in [-0.2, -0.15) is 4.37 Å². The minimum Gasteiger partial charge on any atom is -0.355 e. The smallest absolute Gasteiger partial charge is 0.202 e. The number of hydrogen-bond donors (Lipinski definition) is 1. The van der Waals surface area contributed by atoms with Crippen LogP contribution in [0.3, 0.4) is 0 Å². The lowest BCUT2D eigenvalue weighted by Crippen LogP contribution is -2.02. The van der Waals surface area contributed by atoms with Gasteiger partial charge in [-0.05, 0) is 13.8 Å². The van der Waals surface area contributed by atoms with Crippen LogP contribution in [0.2, 0.25) is 0 Å². The maximum atomic E-state index is 4.23. The van der Waals surface area contributed by atoms with Crippen molar-refractivity contribution in [3.8, 4) is 0 Å². The summed E-state index contributed by atoms with van der Waals surface area (Å²) in [6.45, 7) is 4.41. The molecule has 0 saturated heterocycles. The second kappa shape index (κ2) is 4.31. The van der Waals surface area contributed by atoms with Crippen LogP contribution in [0, 0.1) is 13.8 Å². The zero-order valence-electron chi connectivity index (χ0n) is 8.56. The summed E-state index contributed by atoms with van der Waals surface area (Å²) >= 11 is 1.35. The Hall–Kier alpha value is -1.56. The number of hydrogen-bond acceptors (Lipinski definition) is 6. The Morgan fingerprint density at radius 1 is 1.27 bits per heavy atom. The van der Waals surface area contributed by atoms with Crippen LogP contribution in [0.1, 0.15) is 17.2 Å². The van der Waals surface area contributed by atoms with Crippen LogP contribution in [0.15, 0.2) is 12.4 Å². The molecule has 0 aromatic carbocycles. The molecule has 0 bridgehead atoms. The molecule has 0 aliphatic carbocycles. The Bertz CT molecular complexity index is 436. The zero-order chi connectivity index (χ0) is 10.7. The van der Waals surface area contributed by atoms with Crippen molar-refractivity contribution in [2.75, 3.05) is 5.32 Å². The Morgan fingerprint density at radius 3 is 2.73 bits per heavy atom. The largest absolute Gasteiger partial charge is 0.355 e. The highest BCUT2D eigenvalue weighted by Gasteiger charge is 2.00. The molecule has 78 valence electrons. The normalized spacial score (nSPS) is 10.3. The van der Waals surface area contributed by atoms with Crippen molar-refractivity contribution in [2.24, 2.45) is 0 Å². The van der Waals surface area contributed by atoms with Gasteiger partial charge in [0.2, 0.25) is 5.13 Å². The Labute approximate surface area is 91.8 Å². The third-order valence-electron chi connectivity index (χ3n) is 1.78. The van der Waals surface area contributed by atoms with E-state index in [1.54, 1.807) is 12.4 Å². The molecule has 6 heteroatoms. The third-order valence-corrected chi connectivity index (χ3v) is 2.55. The summed E-state index contributed by atoms with van der Waals surface area (Å²) in [5.41, 5.74) is 1.82. The molecule has 2 heterocycles. The molecule has 0 amide bonds. The molecule has 0 radical (unpaired) electrons. The maximum Gasteiger partial charge on any atom is 0.202 e. The number of anilines is 1. The van der Waals surface area contributed by atoms with Gasteiger partial charge >= 0.3 is 0 Å². The topological polar surface area (TPSA) is 63.6 Å². The molecule has 0 fully saturated rings.